The number of methoxy groups -OCH3 is 2. The second-order valence-electron chi connectivity index (χ2n) is 9.69. The number of ether oxygens (including phenoxy) is 2. The summed E-state index contributed by atoms with van der Waals surface area (Å²) >= 11 is 0. The smallest absolute Gasteiger partial charge is 0.128 e. The van der Waals surface area contributed by atoms with Crippen LogP contribution in [0.1, 0.15) is 74.6 Å². The Kier molecular flexibility index (Phi) is 10.7. The van der Waals surface area contributed by atoms with Crippen LogP contribution in [0.4, 0.5) is 0 Å². The third kappa shape index (κ3) is 5.75. The predicted octanol–water partition coefficient (Wildman–Crippen LogP) is 5.50. The van der Waals surface area contributed by atoms with Gasteiger partial charge in [0, 0.05) is 42.8 Å². The molecule has 6 nitrogen and oxygen atoms in total. The van der Waals surface area contributed by atoms with E-state index >= 15 is 0 Å². The summed E-state index contributed by atoms with van der Waals surface area (Å²) in [5, 5.41) is 23.4. The highest BCUT2D eigenvalue weighted by Gasteiger charge is 2.31. The fraction of sp³-hybridized carbons (Fsp3) is 0.615. The van der Waals surface area contributed by atoms with Crippen LogP contribution >= 0.6 is 24.8 Å². The van der Waals surface area contributed by atoms with Crippen molar-refractivity contribution < 1.29 is 19.7 Å². The number of halogens is 2. The average molecular weight is 516 g/mol. The molecular weight excluding hydrogens is 475 g/mol. The summed E-state index contributed by atoms with van der Waals surface area (Å²) in [6.45, 7) is 0. The molecule has 6 N–H and O–H groups in total. The minimum Gasteiger partial charge on any atom is -0.508 e. The lowest BCUT2D eigenvalue weighted by atomic mass is 9.78. The van der Waals surface area contributed by atoms with Crippen molar-refractivity contribution in [1.29, 1.82) is 0 Å². The number of nitrogens with two attached hydrogens (primary N) is 2. The van der Waals surface area contributed by atoms with Crippen LogP contribution in [-0.4, -0.2) is 36.6 Å². The van der Waals surface area contributed by atoms with Gasteiger partial charge in [0.05, 0.1) is 12.2 Å². The van der Waals surface area contributed by atoms with Crippen molar-refractivity contribution in [3.05, 3.63) is 35.4 Å². The van der Waals surface area contributed by atoms with Crippen molar-refractivity contribution in [2.45, 2.75) is 75.7 Å². The SMILES string of the molecule is COC1CCC(C(N)c2ccc3c(C(N)C4CCC(OC)CC4)c(O)ccc3c2O)CC1.Cl.Cl. The fourth-order valence-electron chi connectivity index (χ4n) is 5.89. The lowest BCUT2D eigenvalue weighted by molar-refractivity contribution is 0.0526. The van der Waals surface area contributed by atoms with Gasteiger partial charge in [0.25, 0.3) is 0 Å². The van der Waals surface area contributed by atoms with Gasteiger partial charge in [0.1, 0.15) is 11.5 Å². The van der Waals surface area contributed by atoms with Crippen LogP contribution in [0.25, 0.3) is 10.8 Å². The van der Waals surface area contributed by atoms with Gasteiger partial charge in [-0.2, -0.15) is 0 Å². The van der Waals surface area contributed by atoms with Crippen LogP contribution in [-0.2, 0) is 9.47 Å². The van der Waals surface area contributed by atoms with Crippen LogP contribution in [0, 0.1) is 11.8 Å². The van der Waals surface area contributed by atoms with Gasteiger partial charge < -0.3 is 31.2 Å². The van der Waals surface area contributed by atoms with Gasteiger partial charge in [0.15, 0.2) is 0 Å². The lowest BCUT2D eigenvalue weighted by Gasteiger charge is -2.33. The van der Waals surface area contributed by atoms with E-state index in [1.165, 1.54) is 0 Å². The topological polar surface area (TPSA) is 111 Å². The molecular formula is C26H40Cl2N2O4. The van der Waals surface area contributed by atoms with E-state index in [-0.39, 0.29) is 54.3 Å². The van der Waals surface area contributed by atoms with Gasteiger partial charge >= 0.3 is 0 Å². The average Bonchev–Trinajstić information content (AvgIpc) is 2.83. The first-order valence-electron chi connectivity index (χ1n) is 12.0. The molecule has 2 unspecified atom stereocenters. The first kappa shape index (κ1) is 29.0. The van der Waals surface area contributed by atoms with Gasteiger partial charge in [-0.1, -0.05) is 12.1 Å². The zero-order chi connectivity index (χ0) is 22.8. The van der Waals surface area contributed by atoms with Crippen LogP contribution in [0.3, 0.4) is 0 Å². The van der Waals surface area contributed by atoms with E-state index in [0.29, 0.717) is 23.5 Å². The third-order valence-electron chi connectivity index (χ3n) is 8.03. The Morgan fingerprint density at radius 2 is 1.18 bits per heavy atom. The Balaban J connectivity index is 0.00000204. The lowest BCUT2D eigenvalue weighted by Crippen LogP contribution is -2.29. The summed E-state index contributed by atoms with van der Waals surface area (Å²) < 4.78 is 11.0. The maximum Gasteiger partial charge on any atom is 0.128 e. The van der Waals surface area contributed by atoms with E-state index in [4.69, 9.17) is 20.9 Å². The highest BCUT2D eigenvalue weighted by molar-refractivity contribution is 5.94. The van der Waals surface area contributed by atoms with E-state index in [2.05, 4.69) is 0 Å². The monoisotopic (exact) mass is 514 g/mol. The van der Waals surface area contributed by atoms with Crippen molar-refractivity contribution in [2.75, 3.05) is 14.2 Å². The number of phenolic OH excluding ortho intramolecular Hbond substituents is 2. The summed E-state index contributed by atoms with van der Waals surface area (Å²) in [6, 6.07) is 6.79. The molecule has 0 aromatic heterocycles. The molecule has 2 aliphatic rings. The molecule has 192 valence electrons. The summed E-state index contributed by atoms with van der Waals surface area (Å²) in [6.07, 6.45) is 8.50. The minimum atomic E-state index is -0.292. The van der Waals surface area contributed by atoms with Crippen molar-refractivity contribution in [3.8, 4) is 11.5 Å². The summed E-state index contributed by atoms with van der Waals surface area (Å²) in [4.78, 5) is 0. The molecule has 0 aliphatic heterocycles. The number of fused-ring (bicyclic) bond motifs is 1. The van der Waals surface area contributed by atoms with Gasteiger partial charge in [-0.25, -0.2) is 0 Å². The Hall–Kier alpha value is -1.28. The van der Waals surface area contributed by atoms with Gasteiger partial charge in [-0.3, -0.25) is 0 Å². The second kappa shape index (κ2) is 12.6. The molecule has 0 saturated heterocycles. The molecule has 34 heavy (non-hydrogen) atoms. The number of aromatic hydroxyl groups is 2. The van der Waals surface area contributed by atoms with E-state index in [1.54, 1.807) is 26.4 Å². The molecule has 2 fully saturated rings. The molecule has 4 rings (SSSR count). The fourth-order valence-corrected chi connectivity index (χ4v) is 5.89. The van der Waals surface area contributed by atoms with Crippen LogP contribution in [0.15, 0.2) is 24.3 Å². The Morgan fingerprint density at radius 1 is 0.706 bits per heavy atom. The molecule has 2 aliphatic carbocycles. The molecule has 2 atom stereocenters. The van der Waals surface area contributed by atoms with Crippen molar-refractivity contribution in [1.82, 2.24) is 0 Å². The molecule has 2 aromatic rings. The molecule has 0 radical (unpaired) electrons. The second-order valence-corrected chi connectivity index (χ2v) is 9.69. The van der Waals surface area contributed by atoms with Gasteiger partial charge in [-0.05, 0) is 80.7 Å². The molecule has 0 spiro atoms. The van der Waals surface area contributed by atoms with Crippen molar-refractivity contribution in [2.24, 2.45) is 23.3 Å². The van der Waals surface area contributed by atoms with Gasteiger partial charge in [-0.15, -0.1) is 24.8 Å². The molecule has 0 heterocycles. The van der Waals surface area contributed by atoms with E-state index < -0.39 is 0 Å². The molecule has 8 heteroatoms. The van der Waals surface area contributed by atoms with E-state index in [9.17, 15) is 10.2 Å². The van der Waals surface area contributed by atoms with E-state index in [1.807, 2.05) is 12.1 Å². The largest absolute Gasteiger partial charge is 0.508 e. The Labute approximate surface area is 215 Å². The molecule has 2 aromatic carbocycles. The number of hydrogen-bond acceptors (Lipinski definition) is 6. The quantitative estimate of drug-likeness (QED) is 0.404. The highest BCUT2D eigenvalue weighted by Crippen LogP contribution is 2.45. The van der Waals surface area contributed by atoms with Crippen LogP contribution < -0.4 is 11.5 Å². The van der Waals surface area contributed by atoms with Gasteiger partial charge in [0.2, 0.25) is 0 Å². The zero-order valence-corrected chi connectivity index (χ0v) is 21.7. The number of hydrogen-bond donors (Lipinski definition) is 4. The summed E-state index contributed by atoms with van der Waals surface area (Å²) in [5.41, 5.74) is 14.8. The first-order valence-corrected chi connectivity index (χ1v) is 12.0. The molecule has 0 amide bonds. The number of benzene rings is 2. The molecule has 2 saturated carbocycles. The minimum absolute atomic E-state index is 0. The van der Waals surface area contributed by atoms with Crippen LogP contribution in [0.2, 0.25) is 0 Å². The third-order valence-corrected chi connectivity index (χ3v) is 8.03. The standard InChI is InChI=1S/C26H38N2O4.2ClH/c1-31-17-7-3-15(4-8-17)24(27)21-12-11-19-20(26(21)30)13-14-22(29)23(19)25(28)16-5-9-18(32-2)10-6-16;;/h11-18,24-25,29-30H,3-10,27-28H2,1-2H3;2*1H. The summed E-state index contributed by atoms with van der Waals surface area (Å²) in [5.74, 6) is 0.992. The normalized spacial score (nSPS) is 26.8. The number of rotatable bonds is 6. The number of phenols is 2. The Bertz CT molecular complexity index is 929. The van der Waals surface area contributed by atoms with Crippen molar-refractivity contribution >= 4 is 35.6 Å². The van der Waals surface area contributed by atoms with Crippen LogP contribution in [0.5, 0.6) is 11.5 Å². The maximum atomic E-state index is 11.2. The summed E-state index contributed by atoms with van der Waals surface area (Å²) in [7, 11) is 3.52. The first-order chi connectivity index (χ1) is 15.4. The zero-order valence-electron chi connectivity index (χ0n) is 20.1. The van der Waals surface area contributed by atoms with E-state index in [0.717, 1.165) is 67.9 Å². The predicted molar refractivity (Wildman–Crippen MR) is 141 cm³/mol. The highest BCUT2D eigenvalue weighted by atomic mass is 35.5. The molecule has 0 bridgehead atoms. The van der Waals surface area contributed by atoms with Crippen molar-refractivity contribution in [3.63, 3.8) is 0 Å². The maximum absolute atomic E-state index is 11.2. The Morgan fingerprint density at radius 3 is 1.68 bits per heavy atom.